The number of nitrogens with zero attached hydrogens (tertiary/aromatic N) is 3. The van der Waals surface area contributed by atoms with Gasteiger partial charge in [-0.25, -0.2) is 14.2 Å². The number of benzene rings is 1. The van der Waals surface area contributed by atoms with Crippen molar-refractivity contribution in [3.63, 3.8) is 0 Å². The molecule has 0 unspecified atom stereocenters. The first kappa shape index (κ1) is 21.2. The molecule has 0 saturated carbocycles. The van der Waals surface area contributed by atoms with Crippen LogP contribution in [0.3, 0.4) is 0 Å². The predicted octanol–water partition coefficient (Wildman–Crippen LogP) is 3.68. The van der Waals surface area contributed by atoms with Crippen LogP contribution in [-0.4, -0.2) is 46.3 Å². The predicted molar refractivity (Wildman–Crippen MR) is 103 cm³/mol. The molecule has 0 fully saturated rings. The van der Waals surface area contributed by atoms with Crippen LogP contribution in [0.1, 0.15) is 32.2 Å². The number of aromatic nitrogens is 2. The Labute approximate surface area is 164 Å². The van der Waals surface area contributed by atoms with Gasteiger partial charge in [0, 0.05) is 42.2 Å². The van der Waals surface area contributed by atoms with Crippen molar-refractivity contribution in [2.45, 2.75) is 39.4 Å². The number of methoxy groups -OCH3 is 1. The molecule has 2 rings (SSSR count). The van der Waals surface area contributed by atoms with Gasteiger partial charge in [-0.15, -0.1) is 0 Å². The van der Waals surface area contributed by atoms with Crippen molar-refractivity contribution in [3.8, 4) is 0 Å². The van der Waals surface area contributed by atoms with E-state index in [9.17, 15) is 9.18 Å². The Bertz CT molecular complexity index is 753. The van der Waals surface area contributed by atoms with Gasteiger partial charge in [0.2, 0.25) is 0 Å². The van der Waals surface area contributed by atoms with E-state index in [-0.39, 0.29) is 30.5 Å². The Balaban J connectivity index is 2.19. The molecule has 1 aromatic carbocycles. The summed E-state index contributed by atoms with van der Waals surface area (Å²) in [6.45, 7) is 7.06. The Kier molecular flexibility index (Phi) is 7.21. The van der Waals surface area contributed by atoms with Crippen LogP contribution in [0.5, 0.6) is 0 Å². The number of urea groups is 1. The summed E-state index contributed by atoms with van der Waals surface area (Å²) in [6.07, 6.45) is 3.37. The van der Waals surface area contributed by atoms with Crippen LogP contribution in [0, 0.1) is 5.82 Å². The van der Waals surface area contributed by atoms with E-state index in [1.807, 2.05) is 20.8 Å². The summed E-state index contributed by atoms with van der Waals surface area (Å²) in [6, 6.07) is 4.38. The van der Waals surface area contributed by atoms with E-state index in [0.29, 0.717) is 29.6 Å². The lowest BCUT2D eigenvalue weighted by Crippen LogP contribution is -2.49. The van der Waals surface area contributed by atoms with Gasteiger partial charge in [-0.3, -0.25) is 0 Å². The highest BCUT2D eigenvalue weighted by molar-refractivity contribution is 6.31. The van der Waals surface area contributed by atoms with E-state index in [2.05, 4.69) is 10.3 Å². The van der Waals surface area contributed by atoms with Crippen LogP contribution in [0.25, 0.3) is 0 Å². The number of hydrogen-bond acceptors (Lipinski definition) is 3. The number of ether oxygens (including phenoxy) is 1. The van der Waals surface area contributed by atoms with Gasteiger partial charge in [0.05, 0.1) is 19.7 Å². The van der Waals surface area contributed by atoms with Crippen LogP contribution < -0.4 is 5.32 Å². The molecule has 0 bridgehead atoms. The van der Waals surface area contributed by atoms with E-state index in [1.165, 1.54) is 6.07 Å². The zero-order valence-corrected chi connectivity index (χ0v) is 16.9. The van der Waals surface area contributed by atoms with Gasteiger partial charge in [-0.2, -0.15) is 0 Å². The maximum Gasteiger partial charge on any atom is 0.318 e. The van der Waals surface area contributed by atoms with Gasteiger partial charge >= 0.3 is 6.03 Å². The summed E-state index contributed by atoms with van der Waals surface area (Å²) in [5.41, 5.74) is 0.0272. The van der Waals surface area contributed by atoms with Gasteiger partial charge in [-0.1, -0.05) is 17.7 Å². The van der Waals surface area contributed by atoms with Crippen molar-refractivity contribution < 1.29 is 13.9 Å². The summed E-state index contributed by atoms with van der Waals surface area (Å²) in [5.74, 6) is 0.262. The molecule has 1 aromatic heterocycles. The molecular formula is C19H26ClFN4O2. The molecule has 27 heavy (non-hydrogen) atoms. The molecular weight excluding hydrogens is 371 g/mol. The van der Waals surface area contributed by atoms with E-state index >= 15 is 0 Å². The minimum absolute atomic E-state index is 0.210. The summed E-state index contributed by atoms with van der Waals surface area (Å²) in [4.78, 5) is 18.6. The number of carbonyl (C=O) groups is 1. The van der Waals surface area contributed by atoms with Crippen molar-refractivity contribution >= 4 is 17.6 Å². The fraction of sp³-hybridized carbons (Fsp3) is 0.474. The number of imidazole rings is 1. The van der Waals surface area contributed by atoms with Crippen molar-refractivity contribution in [3.05, 3.63) is 52.8 Å². The van der Waals surface area contributed by atoms with Gasteiger partial charge in [0.25, 0.3) is 0 Å². The number of amides is 2. The Morgan fingerprint density at radius 3 is 2.78 bits per heavy atom. The average molecular weight is 397 g/mol. The minimum Gasteiger partial charge on any atom is -0.383 e. The fourth-order valence-corrected chi connectivity index (χ4v) is 2.74. The number of carbonyl (C=O) groups excluding carboxylic acids is 1. The summed E-state index contributed by atoms with van der Waals surface area (Å²) in [7, 11) is 1.58. The standard InChI is InChI=1S/C19H26ClFN4O2/c1-19(2,3)23-18(26)25(10-11-27-4)13-17-22-8-9-24(17)12-14-15(20)6-5-7-16(14)21/h5-9H,10-13H2,1-4H3,(H,23,26). The second-order valence-electron chi connectivity index (χ2n) is 7.27. The first-order chi connectivity index (χ1) is 12.7. The van der Waals surface area contributed by atoms with E-state index in [4.69, 9.17) is 16.3 Å². The number of nitrogens with one attached hydrogen (secondary N) is 1. The van der Waals surface area contributed by atoms with E-state index in [0.717, 1.165) is 0 Å². The summed E-state index contributed by atoms with van der Waals surface area (Å²) < 4.78 is 21.0. The van der Waals surface area contributed by atoms with Crippen molar-refractivity contribution in [2.75, 3.05) is 20.3 Å². The van der Waals surface area contributed by atoms with Crippen LogP contribution in [0.4, 0.5) is 9.18 Å². The molecule has 0 spiro atoms. The maximum absolute atomic E-state index is 14.1. The highest BCUT2D eigenvalue weighted by atomic mass is 35.5. The molecule has 2 aromatic rings. The molecule has 148 valence electrons. The molecule has 6 nitrogen and oxygen atoms in total. The largest absolute Gasteiger partial charge is 0.383 e. The van der Waals surface area contributed by atoms with E-state index in [1.54, 1.807) is 41.1 Å². The third-order valence-electron chi connectivity index (χ3n) is 3.86. The first-order valence-corrected chi connectivity index (χ1v) is 9.08. The van der Waals surface area contributed by atoms with Gasteiger partial charge in [0.15, 0.2) is 0 Å². The zero-order valence-electron chi connectivity index (χ0n) is 16.1. The highest BCUT2D eigenvalue weighted by Crippen LogP contribution is 2.21. The van der Waals surface area contributed by atoms with Gasteiger partial charge in [0.1, 0.15) is 11.6 Å². The lowest BCUT2D eigenvalue weighted by atomic mass is 10.1. The third kappa shape index (κ3) is 6.22. The lowest BCUT2D eigenvalue weighted by molar-refractivity contribution is 0.140. The maximum atomic E-state index is 14.1. The normalized spacial score (nSPS) is 11.5. The molecule has 0 saturated heterocycles. The van der Waals surface area contributed by atoms with Crippen molar-refractivity contribution in [1.82, 2.24) is 19.8 Å². The fourth-order valence-electron chi connectivity index (χ4n) is 2.51. The molecule has 2 amide bonds. The Morgan fingerprint density at radius 2 is 2.15 bits per heavy atom. The molecule has 0 atom stereocenters. The topological polar surface area (TPSA) is 59.4 Å². The molecule has 0 aliphatic carbocycles. The molecule has 8 heteroatoms. The molecule has 0 aliphatic heterocycles. The van der Waals surface area contributed by atoms with Crippen LogP contribution in [-0.2, 0) is 17.8 Å². The Morgan fingerprint density at radius 1 is 1.41 bits per heavy atom. The summed E-state index contributed by atoms with van der Waals surface area (Å²) >= 11 is 6.13. The molecule has 0 radical (unpaired) electrons. The van der Waals surface area contributed by atoms with E-state index < -0.39 is 0 Å². The smallest absolute Gasteiger partial charge is 0.318 e. The SMILES string of the molecule is COCCN(Cc1nccn1Cc1c(F)cccc1Cl)C(=O)NC(C)(C)C. The van der Waals surface area contributed by atoms with Gasteiger partial charge in [-0.05, 0) is 32.9 Å². The van der Waals surface area contributed by atoms with Crippen LogP contribution >= 0.6 is 11.6 Å². The zero-order chi connectivity index (χ0) is 20.0. The monoisotopic (exact) mass is 396 g/mol. The number of hydrogen-bond donors (Lipinski definition) is 1. The minimum atomic E-state index is -0.371. The summed E-state index contributed by atoms with van der Waals surface area (Å²) in [5, 5.41) is 3.30. The second-order valence-corrected chi connectivity index (χ2v) is 7.67. The second kappa shape index (κ2) is 9.19. The van der Waals surface area contributed by atoms with Crippen molar-refractivity contribution in [1.29, 1.82) is 0 Å². The molecule has 0 aliphatic rings. The van der Waals surface area contributed by atoms with Crippen LogP contribution in [0.2, 0.25) is 5.02 Å². The van der Waals surface area contributed by atoms with Gasteiger partial charge < -0.3 is 19.5 Å². The third-order valence-corrected chi connectivity index (χ3v) is 4.21. The number of rotatable bonds is 7. The lowest BCUT2D eigenvalue weighted by Gasteiger charge is -2.28. The Hall–Kier alpha value is -2.12. The molecule has 1 N–H and O–H groups in total. The molecule has 1 heterocycles. The van der Waals surface area contributed by atoms with Crippen molar-refractivity contribution in [2.24, 2.45) is 0 Å². The van der Waals surface area contributed by atoms with Crippen LogP contribution in [0.15, 0.2) is 30.6 Å². The highest BCUT2D eigenvalue weighted by Gasteiger charge is 2.21. The first-order valence-electron chi connectivity index (χ1n) is 8.70. The number of halogens is 2. The average Bonchev–Trinajstić information content (AvgIpc) is 3.00. The quantitative estimate of drug-likeness (QED) is 0.776.